The quantitative estimate of drug-likeness (QED) is 0.758. The third kappa shape index (κ3) is 3.54. The molecule has 0 aliphatic carbocycles. The first-order valence-corrected chi connectivity index (χ1v) is 6.50. The molecule has 1 aliphatic rings. The van der Waals surface area contributed by atoms with Gasteiger partial charge in [-0.1, -0.05) is 36.8 Å². The van der Waals surface area contributed by atoms with E-state index in [2.05, 4.69) is 10.6 Å². The van der Waals surface area contributed by atoms with Crippen LogP contribution in [0.5, 0.6) is 0 Å². The van der Waals surface area contributed by atoms with Crippen molar-refractivity contribution in [3.63, 3.8) is 0 Å². The van der Waals surface area contributed by atoms with Crippen molar-refractivity contribution in [3.05, 3.63) is 35.9 Å². The van der Waals surface area contributed by atoms with E-state index >= 15 is 0 Å². The lowest BCUT2D eigenvalue weighted by molar-refractivity contribution is -0.142. The number of piperidine rings is 1. The van der Waals surface area contributed by atoms with Gasteiger partial charge in [-0.15, -0.1) is 0 Å². The zero-order valence-corrected chi connectivity index (χ0v) is 10.6. The molecule has 2 atom stereocenters. The summed E-state index contributed by atoms with van der Waals surface area (Å²) in [5.74, 6) is -1.29. The Balaban J connectivity index is 2.04. The Labute approximate surface area is 112 Å². The van der Waals surface area contributed by atoms with Gasteiger partial charge in [0.25, 0.3) is 0 Å². The fourth-order valence-corrected chi connectivity index (χ4v) is 2.25. The van der Waals surface area contributed by atoms with Gasteiger partial charge in [-0.25, -0.2) is 4.79 Å². The van der Waals surface area contributed by atoms with Gasteiger partial charge in [0.2, 0.25) is 5.91 Å². The molecular weight excluding hydrogens is 244 g/mol. The second kappa shape index (κ2) is 6.33. The van der Waals surface area contributed by atoms with Gasteiger partial charge in [0.05, 0.1) is 6.04 Å². The van der Waals surface area contributed by atoms with Crippen LogP contribution in [0.3, 0.4) is 0 Å². The number of hydrogen-bond acceptors (Lipinski definition) is 3. The second-order valence-corrected chi connectivity index (χ2v) is 4.69. The van der Waals surface area contributed by atoms with Crippen LogP contribution in [0, 0.1) is 0 Å². The second-order valence-electron chi connectivity index (χ2n) is 4.69. The number of carboxylic acid groups (broad SMARTS) is 1. The summed E-state index contributed by atoms with van der Waals surface area (Å²) >= 11 is 0. The lowest BCUT2D eigenvalue weighted by Gasteiger charge is -2.24. The van der Waals surface area contributed by atoms with E-state index in [0.717, 1.165) is 25.8 Å². The minimum Gasteiger partial charge on any atom is -0.479 e. The maximum atomic E-state index is 12.0. The van der Waals surface area contributed by atoms with Crippen molar-refractivity contribution >= 4 is 11.9 Å². The normalized spacial score (nSPS) is 20.5. The van der Waals surface area contributed by atoms with Gasteiger partial charge in [-0.2, -0.15) is 0 Å². The van der Waals surface area contributed by atoms with E-state index in [4.69, 9.17) is 0 Å². The summed E-state index contributed by atoms with van der Waals surface area (Å²) in [5.41, 5.74) is 0.583. The molecule has 0 saturated carbocycles. The van der Waals surface area contributed by atoms with Crippen LogP contribution in [0.1, 0.15) is 30.9 Å². The van der Waals surface area contributed by atoms with E-state index in [1.165, 1.54) is 0 Å². The van der Waals surface area contributed by atoms with Crippen molar-refractivity contribution in [1.29, 1.82) is 0 Å². The number of hydrogen-bond donors (Lipinski definition) is 3. The van der Waals surface area contributed by atoms with Crippen LogP contribution in [0.2, 0.25) is 0 Å². The van der Waals surface area contributed by atoms with E-state index in [1.54, 1.807) is 24.3 Å². The molecule has 5 heteroatoms. The molecule has 5 nitrogen and oxygen atoms in total. The van der Waals surface area contributed by atoms with Crippen molar-refractivity contribution in [2.75, 3.05) is 6.54 Å². The lowest BCUT2D eigenvalue weighted by Crippen LogP contribution is -2.48. The molecular formula is C14H18N2O3. The van der Waals surface area contributed by atoms with Crippen LogP contribution in [0.25, 0.3) is 0 Å². The highest BCUT2D eigenvalue weighted by molar-refractivity contribution is 5.87. The Bertz CT molecular complexity index is 441. The van der Waals surface area contributed by atoms with Crippen molar-refractivity contribution in [2.45, 2.75) is 31.3 Å². The molecule has 0 aromatic heterocycles. The van der Waals surface area contributed by atoms with Crippen LogP contribution in [-0.2, 0) is 9.59 Å². The van der Waals surface area contributed by atoms with Gasteiger partial charge in [0, 0.05) is 0 Å². The fourth-order valence-electron chi connectivity index (χ4n) is 2.25. The summed E-state index contributed by atoms with van der Waals surface area (Å²) < 4.78 is 0. The predicted molar refractivity (Wildman–Crippen MR) is 70.6 cm³/mol. The third-order valence-corrected chi connectivity index (χ3v) is 3.29. The molecule has 1 aromatic carbocycles. The molecule has 102 valence electrons. The molecule has 0 radical (unpaired) electrons. The number of rotatable bonds is 4. The average molecular weight is 262 g/mol. The van der Waals surface area contributed by atoms with Gasteiger partial charge in [0.1, 0.15) is 0 Å². The Kier molecular flexibility index (Phi) is 4.52. The van der Waals surface area contributed by atoms with Gasteiger partial charge in [-0.05, 0) is 24.9 Å². The number of benzene rings is 1. The first kappa shape index (κ1) is 13.5. The monoisotopic (exact) mass is 262 g/mol. The molecule has 1 amide bonds. The maximum absolute atomic E-state index is 12.0. The molecule has 2 rings (SSSR count). The molecule has 1 aliphatic heterocycles. The number of carboxylic acids is 1. The van der Waals surface area contributed by atoms with Crippen LogP contribution in [-0.4, -0.2) is 29.6 Å². The van der Waals surface area contributed by atoms with Crippen LogP contribution < -0.4 is 10.6 Å². The molecule has 19 heavy (non-hydrogen) atoms. The summed E-state index contributed by atoms with van der Waals surface area (Å²) in [7, 11) is 0. The molecule has 1 saturated heterocycles. The average Bonchev–Trinajstić information content (AvgIpc) is 2.46. The number of carbonyl (C=O) groups excluding carboxylic acids is 1. The highest BCUT2D eigenvalue weighted by Gasteiger charge is 2.27. The summed E-state index contributed by atoms with van der Waals surface area (Å²) in [6.45, 7) is 0.807. The minimum absolute atomic E-state index is 0.240. The van der Waals surface area contributed by atoms with E-state index in [-0.39, 0.29) is 11.9 Å². The van der Waals surface area contributed by atoms with Crippen LogP contribution >= 0.6 is 0 Å². The van der Waals surface area contributed by atoms with Crippen molar-refractivity contribution < 1.29 is 14.7 Å². The highest BCUT2D eigenvalue weighted by Crippen LogP contribution is 2.14. The highest BCUT2D eigenvalue weighted by atomic mass is 16.4. The summed E-state index contributed by atoms with van der Waals surface area (Å²) in [4.78, 5) is 23.3. The van der Waals surface area contributed by atoms with Gasteiger partial charge in [-0.3, -0.25) is 4.79 Å². The third-order valence-electron chi connectivity index (χ3n) is 3.29. The number of carbonyl (C=O) groups is 2. The predicted octanol–water partition coefficient (Wildman–Crippen LogP) is 1.07. The van der Waals surface area contributed by atoms with Gasteiger partial charge >= 0.3 is 5.97 Å². The Morgan fingerprint density at radius 2 is 2.00 bits per heavy atom. The Morgan fingerprint density at radius 3 is 2.58 bits per heavy atom. The number of amides is 1. The molecule has 0 unspecified atom stereocenters. The van der Waals surface area contributed by atoms with Crippen molar-refractivity contribution in [1.82, 2.24) is 10.6 Å². The molecule has 1 aromatic rings. The first-order chi connectivity index (χ1) is 9.18. The van der Waals surface area contributed by atoms with Crippen LogP contribution in [0.15, 0.2) is 30.3 Å². The maximum Gasteiger partial charge on any atom is 0.330 e. The fraction of sp³-hybridized carbons (Fsp3) is 0.429. The van der Waals surface area contributed by atoms with E-state index in [9.17, 15) is 14.7 Å². The van der Waals surface area contributed by atoms with Crippen molar-refractivity contribution in [2.24, 2.45) is 0 Å². The van der Waals surface area contributed by atoms with E-state index in [1.807, 2.05) is 6.07 Å². The van der Waals surface area contributed by atoms with E-state index in [0.29, 0.717) is 5.56 Å². The largest absolute Gasteiger partial charge is 0.479 e. The molecule has 0 bridgehead atoms. The Hall–Kier alpha value is -1.88. The van der Waals surface area contributed by atoms with Crippen molar-refractivity contribution in [3.8, 4) is 0 Å². The van der Waals surface area contributed by atoms with Crippen LogP contribution in [0.4, 0.5) is 0 Å². The standard InChI is InChI=1S/C14H18N2O3/c17-13(11-8-4-5-9-15-11)16-12(14(18)19)10-6-2-1-3-7-10/h1-3,6-7,11-12,15H,4-5,8-9H2,(H,16,17)(H,18,19)/t11-,12+/m1/s1. The Morgan fingerprint density at radius 1 is 1.26 bits per heavy atom. The van der Waals surface area contributed by atoms with Gasteiger partial charge < -0.3 is 15.7 Å². The number of aliphatic carboxylic acids is 1. The molecule has 3 N–H and O–H groups in total. The van der Waals surface area contributed by atoms with E-state index < -0.39 is 12.0 Å². The summed E-state index contributed by atoms with van der Waals surface area (Å²) in [5, 5.41) is 14.9. The summed E-state index contributed by atoms with van der Waals surface area (Å²) in [6, 6.07) is 7.47. The van der Waals surface area contributed by atoms with Gasteiger partial charge in [0.15, 0.2) is 6.04 Å². The zero-order chi connectivity index (χ0) is 13.7. The minimum atomic E-state index is -1.05. The smallest absolute Gasteiger partial charge is 0.330 e. The molecule has 1 fully saturated rings. The SMILES string of the molecule is O=C(O)[C@@H](NC(=O)[C@H]1CCCCN1)c1ccccc1. The molecule has 0 spiro atoms. The zero-order valence-electron chi connectivity index (χ0n) is 10.6. The first-order valence-electron chi connectivity index (χ1n) is 6.50. The lowest BCUT2D eigenvalue weighted by atomic mass is 10.0. The molecule has 1 heterocycles. The number of nitrogens with one attached hydrogen (secondary N) is 2. The summed E-state index contributed by atoms with van der Waals surface area (Å²) in [6.07, 6.45) is 2.81. The topological polar surface area (TPSA) is 78.4 Å².